The smallest absolute Gasteiger partial charge is 0.227 e. The zero-order chi connectivity index (χ0) is 8.69. The second kappa shape index (κ2) is 5.89. The van der Waals surface area contributed by atoms with Gasteiger partial charge in [-0.05, 0) is 13.3 Å². The van der Waals surface area contributed by atoms with E-state index in [1.807, 2.05) is 0 Å². The lowest BCUT2D eigenvalue weighted by Crippen LogP contribution is -2.25. The molecule has 0 aromatic heterocycles. The summed E-state index contributed by atoms with van der Waals surface area (Å²) in [4.78, 5) is 21.2. The molecule has 0 fully saturated rings. The molecule has 0 aliphatic carbocycles. The molecule has 11 heavy (non-hydrogen) atoms. The maximum absolute atomic E-state index is 10.8. The topological polar surface area (TPSA) is 46.2 Å². The monoisotopic (exact) mass is 157 g/mol. The highest BCUT2D eigenvalue weighted by molar-refractivity contribution is 5.96. The Morgan fingerprint density at radius 1 is 1.36 bits per heavy atom. The lowest BCUT2D eigenvalue weighted by atomic mass is 10.3. The van der Waals surface area contributed by atoms with Crippen molar-refractivity contribution in [2.24, 2.45) is 0 Å². The van der Waals surface area contributed by atoms with E-state index < -0.39 is 0 Å². The van der Waals surface area contributed by atoms with Gasteiger partial charge in [-0.1, -0.05) is 13.3 Å². The van der Waals surface area contributed by atoms with Crippen LogP contribution in [0, 0.1) is 0 Å². The molecule has 3 nitrogen and oxygen atoms in total. The van der Waals surface area contributed by atoms with Crippen LogP contribution in [0.5, 0.6) is 0 Å². The molecule has 64 valence electrons. The van der Waals surface area contributed by atoms with E-state index in [4.69, 9.17) is 0 Å². The van der Waals surface area contributed by atoms with Crippen molar-refractivity contribution in [3.8, 4) is 0 Å². The van der Waals surface area contributed by atoms with E-state index in [1.54, 1.807) is 0 Å². The molecule has 0 heterocycles. The number of hydrogen-bond donors (Lipinski definition) is 1. The summed E-state index contributed by atoms with van der Waals surface area (Å²) >= 11 is 0. The summed E-state index contributed by atoms with van der Waals surface area (Å²) in [5.74, 6) is -0.245. The quantitative estimate of drug-likeness (QED) is 0.475. The van der Waals surface area contributed by atoms with E-state index in [0.29, 0.717) is 6.54 Å². The zero-order valence-electron chi connectivity index (χ0n) is 7.14. The van der Waals surface area contributed by atoms with Crippen molar-refractivity contribution >= 4 is 11.7 Å². The van der Waals surface area contributed by atoms with Crippen molar-refractivity contribution in [3.05, 3.63) is 0 Å². The molecule has 0 radical (unpaired) electrons. The van der Waals surface area contributed by atoms with E-state index >= 15 is 0 Å². The molecule has 0 spiro atoms. The number of rotatable bonds is 5. The third-order valence-electron chi connectivity index (χ3n) is 1.26. The fourth-order valence-electron chi connectivity index (χ4n) is 0.693. The van der Waals surface area contributed by atoms with Gasteiger partial charge in [-0.2, -0.15) is 0 Å². The highest BCUT2D eigenvalue weighted by Crippen LogP contribution is 1.85. The van der Waals surface area contributed by atoms with Crippen LogP contribution in [-0.4, -0.2) is 18.2 Å². The highest BCUT2D eigenvalue weighted by atomic mass is 16.2. The Bertz CT molecular complexity index is 143. The largest absolute Gasteiger partial charge is 0.356 e. The van der Waals surface area contributed by atoms with Crippen LogP contribution >= 0.6 is 0 Å². The number of ketones is 1. The summed E-state index contributed by atoms with van der Waals surface area (Å²) in [6, 6.07) is 0. The van der Waals surface area contributed by atoms with Gasteiger partial charge in [0.2, 0.25) is 5.91 Å². The molecule has 0 unspecified atom stereocenters. The fraction of sp³-hybridized carbons (Fsp3) is 0.750. The molecule has 0 bridgehead atoms. The average molecular weight is 157 g/mol. The zero-order valence-corrected chi connectivity index (χ0v) is 7.14. The Labute approximate surface area is 67.2 Å². The Kier molecular flexibility index (Phi) is 5.43. The molecular formula is C8H15NO2. The summed E-state index contributed by atoms with van der Waals surface area (Å²) in [5, 5.41) is 2.66. The van der Waals surface area contributed by atoms with E-state index in [0.717, 1.165) is 12.8 Å². The van der Waals surface area contributed by atoms with Crippen LogP contribution in [0.4, 0.5) is 0 Å². The van der Waals surface area contributed by atoms with Gasteiger partial charge >= 0.3 is 0 Å². The summed E-state index contributed by atoms with van der Waals surface area (Å²) in [5.41, 5.74) is 0. The van der Waals surface area contributed by atoms with Gasteiger partial charge in [0.05, 0.1) is 6.42 Å². The number of amides is 1. The third kappa shape index (κ3) is 7.03. The van der Waals surface area contributed by atoms with Gasteiger partial charge in [0, 0.05) is 6.54 Å². The molecule has 0 aliphatic rings. The minimum Gasteiger partial charge on any atom is -0.356 e. The van der Waals surface area contributed by atoms with Crippen molar-refractivity contribution in [2.45, 2.75) is 33.1 Å². The molecule has 0 atom stereocenters. The average Bonchev–Trinajstić information content (AvgIpc) is 1.86. The number of Topliss-reactive ketones (excluding diaryl/α,β-unsaturated/α-hetero) is 1. The first-order valence-corrected chi connectivity index (χ1v) is 3.93. The Morgan fingerprint density at radius 3 is 2.45 bits per heavy atom. The summed E-state index contributed by atoms with van der Waals surface area (Å²) in [6.07, 6.45) is 2.05. The van der Waals surface area contributed by atoms with Crippen molar-refractivity contribution in [1.82, 2.24) is 5.32 Å². The number of hydrogen-bond acceptors (Lipinski definition) is 2. The van der Waals surface area contributed by atoms with Crippen LogP contribution in [-0.2, 0) is 9.59 Å². The van der Waals surface area contributed by atoms with E-state index in [2.05, 4.69) is 12.2 Å². The van der Waals surface area contributed by atoms with Gasteiger partial charge in [-0.3, -0.25) is 9.59 Å². The molecule has 0 aliphatic heterocycles. The molecule has 1 N–H and O–H groups in total. The summed E-state index contributed by atoms with van der Waals surface area (Å²) in [6.45, 7) is 4.15. The van der Waals surface area contributed by atoms with Crippen molar-refractivity contribution < 1.29 is 9.59 Å². The van der Waals surface area contributed by atoms with Gasteiger partial charge in [0.15, 0.2) is 0 Å². The molecular weight excluding hydrogens is 142 g/mol. The lowest BCUT2D eigenvalue weighted by Gasteiger charge is -2.00. The van der Waals surface area contributed by atoms with E-state index in [-0.39, 0.29) is 18.1 Å². The molecule has 0 saturated heterocycles. The maximum Gasteiger partial charge on any atom is 0.227 e. The first-order chi connectivity index (χ1) is 5.16. The maximum atomic E-state index is 10.8. The second-order valence-electron chi connectivity index (χ2n) is 2.58. The second-order valence-corrected chi connectivity index (χ2v) is 2.58. The van der Waals surface area contributed by atoms with Crippen LogP contribution in [0.1, 0.15) is 33.1 Å². The standard InChI is InChI=1S/C8H15NO2/c1-3-4-5-9-8(11)6-7(2)10/h3-6H2,1-2H3,(H,9,11). The summed E-state index contributed by atoms with van der Waals surface area (Å²) in [7, 11) is 0. The molecule has 0 aromatic rings. The Balaban J connectivity index is 3.30. The first-order valence-electron chi connectivity index (χ1n) is 3.93. The van der Waals surface area contributed by atoms with Crippen LogP contribution < -0.4 is 5.32 Å². The minimum atomic E-state index is -0.161. The van der Waals surface area contributed by atoms with E-state index in [9.17, 15) is 9.59 Å². The molecule has 3 heteroatoms. The van der Waals surface area contributed by atoms with Gasteiger partial charge in [-0.25, -0.2) is 0 Å². The van der Waals surface area contributed by atoms with Crippen LogP contribution in [0.2, 0.25) is 0 Å². The predicted octanol–water partition coefficient (Wildman–Crippen LogP) is 0.882. The fourth-order valence-corrected chi connectivity index (χ4v) is 0.693. The highest BCUT2D eigenvalue weighted by Gasteiger charge is 2.02. The molecule has 1 amide bonds. The van der Waals surface area contributed by atoms with Gasteiger partial charge in [0.25, 0.3) is 0 Å². The third-order valence-corrected chi connectivity index (χ3v) is 1.26. The number of unbranched alkanes of at least 4 members (excludes halogenated alkanes) is 1. The Hall–Kier alpha value is -0.860. The van der Waals surface area contributed by atoms with E-state index in [1.165, 1.54) is 6.92 Å². The number of carbonyl (C=O) groups is 2. The van der Waals surface area contributed by atoms with Crippen LogP contribution in [0.25, 0.3) is 0 Å². The first kappa shape index (κ1) is 10.1. The number of nitrogens with one attached hydrogen (secondary N) is 1. The minimum absolute atomic E-state index is 0.0176. The SMILES string of the molecule is CCCCNC(=O)CC(C)=O. The normalized spacial score (nSPS) is 9.27. The van der Waals surface area contributed by atoms with Gasteiger partial charge in [0.1, 0.15) is 5.78 Å². The van der Waals surface area contributed by atoms with Gasteiger partial charge in [-0.15, -0.1) is 0 Å². The van der Waals surface area contributed by atoms with Crippen LogP contribution in [0.3, 0.4) is 0 Å². The van der Waals surface area contributed by atoms with Crippen molar-refractivity contribution in [3.63, 3.8) is 0 Å². The van der Waals surface area contributed by atoms with Crippen molar-refractivity contribution in [2.75, 3.05) is 6.54 Å². The molecule has 0 saturated carbocycles. The van der Waals surface area contributed by atoms with Crippen LogP contribution in [0.15, 0.2) is 0 Å². The molecule has 0 aromatic carbocycles. The van der Waals surface area contributed by atoms with Crippen molar-refractivity contribution in [1.29, 1.82) is 0 Å². The molecule has 0 rings (SSSR count). The summed E-state index contributed by atoms with van der Waals surface area (Å²) < 4.78 is 0. The predicted molar refractivity (Wildman–Crippen MR) is 43.2 cm³/mol. The number of carbonyl (C=O) groups excluding carboxylic acids is 2. The Morgan fingerprint density at radius 2 is 2.00 bits per heavy atom. The van der Waals surface area contributed by atoms with Gasteiger partial charge < -0.3 is 5.32 Å². The lowest BCUT2D eigenvalue weighted by molar-refractivity contribution is -0.127.